The van der Waals surface area contributed by atoms with E-state index in [0.29, 0.717) is 0 Å². The first-order valence-corrected chi connectivity index (χ1v) is 7.01. The highest BCUT2D eigenvalue weighted by Crippen LogP contribution is 2.15. The minimum absolute atomic E-state index is 0.0990. The van der Waals surface area contributed by atoms with Gasteiger partial charge in [-0.05, 0) is 12.3 Å². The molecule has 0 aliphatic heterocycles. The minimum atomic E-state index is -0.524. The zero-order valence-electron chi connectivity index (χ0n) is 11.1. The maximum atomic E-state index is 9.38. The summed E-state index contributed by atoms with van der Waals surface area (Å²) in [4.78, 5) is 0. The molecule has 2 atom stereocenters. The highest BCUT2D eigenvalue weighted by atomic mass is 16.3. The number of unbranched alkanes of at least 4 members (excludes halogenated alkanes) is 7. The largest absolute Gasteiger partial charge is 0.394 e. The molecule has 0 radical (unpaired) electrons. The fraction of sp³-hybridized carbons (Fsp3) is 1.00. The maximum absolute atomic E-state index is 9.38. The first kappa shape index (κ1) is 15.9. The quantitative estimate of drug-likeness (QED) is 0.533. The van der Waals surface area contributed by atoms with E-state index in [4.69, 9.17) is 5.11 Å². The molecule has 2 nitrogen and oxygen atoms in total. The van der Waals surface area contributed by atoms with Gasteiger partial charge in [-0.25, -0.2) is 0 Å². The average Bonchev–Trinajstić information content (AvgIpc) is 2.31. The Labute approximate surface area is 101 Å². The lowest BCUT2D eigenvalue weighted by atomic mass is 9.97. The average molecular weight is 230 g/mol. The van der Waals surface area contributed by atoms with Crippen LogP contribution in [0.1, 0.15) is 71.6 Å². The molecule has 0 rings (SSSR count). The zero-order valence-corrected chi connectivity index (χ0v) is 11.1. The minimum Gasteiger partial charge on any atom is -0.394 e. The van der Waals surface area contributed by atoms with Gasteiger partial charge in [-0.15, -0.1) is 0 Å². The van der Waals surface area contributed by atoms with Crippen molar-refractivity contribution in [2.75, 3.05) is 6.61 Å². The Morgan fingerprint density at radius 2 is 1.38 bits per heavy atom. The van der Waals surface area contributed by atoms with E-state index in [1.807, 2.05) is 6.92 Å². The van der Waals surface area contributed by atoms with Crippen LogP contribution in [0.4, 0.5) is 0 Å². The Balaban J connectivity index is 3.14. The molecule has 0 heterocycles. The first-order valence-electron chi connectivity index (χ1n) is 7.01. The van der Waals surface area contributed by atoms with Crippen molar-refractivity contribution < 1.29 is 10.2 Å². The van der Waals surface area contributed by atoms with E-state index in [-0.39, 0.29) is 12.5 Å². The summed E-state index contributed by atoms with van der Waals surface area (Å²) in [5, 5.41) is 18.2. The topological polar surface area (TPSA) is 40.5 Å². The smallest absolute Gasteiger partial charge is 0.0796 e. The van der Waals surface area contributed by atoms with Crippen molar-refractivity contribution in [1.82, 2.24) is 0 Å². The summed E-state index contributed by atoms with van der Waals surface area (Å²) in [5.41, 5.74) is 0. The van der Waals surface area contributed by atoms with Crippen LogP contribution in [-0.2, 0) is 0 Å². The zero-order chi connectivity index (χ0) is 12.2. The van der Waals surface area contributed by atoms with Gasteiger partial charge in [0.15, 0.2) is 0 Å². The van der Waals surface area contributed by atoms with Crippen molar-refractivity contribution in [2.45, 2.75) is 77.7 Å². The second kappa shape index (κ2) is 11.4. The molecule has 0 saturated heterocycles. The Hall–Kier alpha value is -0.0800. The van der Waals surface area contributed by atoms with Crippen LogP contribution >= 0.6 is 0 Å². The third-order valence-electron chi connectivity index (χ3n) is 3.36. The molecule has 2 heteroatoms. The summed E-state index contributed by atoms with van der Waals surface area (Å²) in [6, 6.07) is 0. The normalized spacial score (nSPS) is 15.0. The molecule has 0 aliphatic rings. The van der Waals surface area contributed by atoms with Crippen LogP contribution in [0.5, 0.6) is 0 Å². The van der Waals surface area contributed by atoms with Crippen molar-refractivity contribution in [1.29, 1.82) is 0 Å². The highest BCUT2D eigenvalue weighted by molar-refractivity contribution is 4.62. The SMILES string of the molecule is CCCCCCCCCC[C@@H](C)[C@H](O)CO. The lowest BCUT2D eigenvalue weighted by Crippen LogP contribution is -2.21. The molecule has 0 bridgehead atoms. The molecule has 0 aliphatic carbocycles. The lowest BCUT2D eigenvalue weighted by molar-refractivity contribution is 0.0495. The predicted molar refractivity (Wildman–Crippen MR) is 69.5 cm³/mol. The molecule has 0 aromatic heterocycles. The van der Waals surface area contributed by atoms with Gasteiger partial charge < -0.3 is 10.2 Å². The van der Waals surface area contributed by atoms with Gasteiger partial charge in [0.2, 0.25) is 0 Å². The van der Waals surface area contributed by atoms with Crippen molar-refractivity contribution in [3.05, 3.63) is 0 Å². The number of rotatable bonds is 11. The van der Waals surface area contributed by atoms with Gasteiger partial charge >= 0.3 is 0 Å². The number of aliphatic hydroxyl groups is 2. The van der Waals surface area contributed by atoms with Gasteiger partial charge in [0.05, 0.1) is 12.7 Å². The monoisotopic (exact) mass is 230 g/mol. The van der Waals surface area contributed by atoms with Crippen LogP contribution in [0.25, 0.3) is 0 Å². The summed E-state index contributed by atoms with van der Waals surface area (Å²) >= 11 is 0. The first-order chi connectivity index (χ1) is 7.72. The molecule has 0 saturated carbocycles. The Morgan fingerprint density at radius 3 is 1.88 bits per heavy atom. The van der Waals surface area contributed by atoms with Crippen LogP contribution in [0.15, 0.2) is 0 Å². The lowest BCUT2D eigenvalue weighted by Gasteiger charge is -2.15. The standard InChI is InChI=1S/C14H30O2/c1-3-4-5-6-7-8-9-10-11-13(2)14(16)12-15/h13-16H,3-12H2,1-2H3/t13-,14-/m1/s1. The third-order valence-corrected chi connectivity index (χ3v) is 3.36. The predicted octanol–water partition coefficient (Wildman–Crippen LogP) is 3.51. The van der Waals surface area contributed by atoms with Crippen molar-refractivity contribution in [3.8, 4) is 0 Å². The molecule has 0 aromatic carbocycles. The van der Waals surface area contributed by atoms with E-state index in [9.17, 15) is 5.11 Å². The summed E-state index contributed by atoms with van der Waals surface area (Å²) in [5.74, 6) is 0.241. The summed E-state index contributed by atoms with van der Waals surface area (Å²) in [7, 11) is 0. The van der Waals surface area contributed by atoms with Crippen LogP contribution in [0, 0.1) is 5.92 Å². The molecule has 0 fully saturated rings. The van der Waals surface area contributed by atoms with Crippen LogP contribution < -0.4 is 0 Å². The van der Waals surface area contributed by atoms with Crippen LogP contribution in [-0.4, -0.2) is 22.9 Å². The van der Waals surface area contributed by atoms with E-state index >= 15 is 0 Å². The van der Waals surface area contributed by atoms with Gasteiger partial charge in [-0.3, -0.25) is 0 Å². The van der Waals surface area contributed by atoms with Gasteiger partial charge in [0, 0.05) is 0 Å². The fourth-order valence-electron chi connectivity index (χ4n) is 1.97. The van der Waals surface area contributed by atoms with Crippen LogP contribution in [0.3, 0.4) is 0 Å². The Morgan fingerprint density at radius 1 is 0.875 bits per heavy atom. The fourth-order valence-corrected chi connectivity index (χ4v) is 1.97. The van der Waals surface area contributed by atoms with E-state index in [0.717, 1.165) is 6.42 Å². The molecule has 2 N–H and O–H groups in total. The van der Waals surface area contributed by atoms with Crippen molar-refractivity contribution >= 4 is 0 Å². The molecule has 0 amide bonds. The van der Waals surface area contributed by atoms with E-state index in [1.54, 1.807) is 0 Å². The second-order valence-electron chi connectivity index (χ2n) is 4.99. The van der Waals surface area contributed by atoms with Gasteiger partial charge in [-0.2, -0.15) is 0 Å². The molecule has 16 heavy (non-hydrogen) atoms. The van der Waals surface area contributed by atoms with Gasteiger partial charge in [-0.1, -0.05) is 65.2 Å². The second-order valence-corrected chi connectivity index (χ2v) is 4.99. The summed E-state index contributed by atoms with van der Waals surface area (Å²) in [6.07, 6.45) is 11.1. The third kappa shape index (κ3) is 9.17. The molecular weight excluding hydrogens is 200 g/mol. The van der Waals surface area contributed by atoms with Crippen LogP contribution in [0.2, 0.25) is 0 Å². The number of hydrogen-bond donors (Lipinski definition) is 2. The van der Waals surface area contributed by atoms with Crippen molar-refractivity contribution in [3.63, 3.8) is 0 Å². The maximum Gasteiger partial charge on any atom is 0.0796 e. The highest BCUT2D eigenvalue weighted by Gasteiger charge is 2.11. The Bertz CT molecular complexity index is 137. The molecule has 0 unspecified atom stereocenters. The molecule has 0 aromatic rings. The number of aliphatic hydroxyl groups excluding tert-OH is 2. The molecular formula is C14H30O2. The van der Waals surface area contributed by atoms with E-state index in [1.165, 1.54) is 51.4 Å². The Kier molecular flexibility index (Phi) is 11.3. The van der Waals surface area contributed by atoms with E-state index in [2.05, 4.69) is 6.92 Å². The molecule has 98 valence electrons. The van der Waals surface area contributed by atoms with E-state index < -0.39 is 6.10 Å². The van der Waals surface area contributed by atoms with Gasteiger partial charge in [0.25, 0.3) is 0 Å². The summed E-state index contributed by atoms with van der Waals surface area (Å²) < 4.78 is 0. The number of hydrogen-bond acceptors (Lipinski definition) is 2. The van der Waals surface area contributed by atoms with Gasteiger partial charge in [0.1, 0.15) is 0 Å². The van der Waals surface area contributed by atoms with Crippen molar-refractivity contribution in [2.24, 2.45) is 5.92 Å². The summed E-state index contributed by atoms with van der Waals surface area (Å²) in [6.45, 7) is 4.16. The molecule has 0 spiro atoms.